The molecule has 4 nitrogen and oxygen atoms in total. The van der Waals surface area contributed by atoms with Crippen LogP contribution in [0.2, 0.25) is 10.0 Å². The molecule has 1 aliphatic carbocycles. The smallest absolute Gasteiger partial charge is 0.229 e. The van der Waals surface area contributed by atoms with E-state index in [4.69, 9.17) is 23.2 Å². The fourth-order valence-corrected chi connectivity index (χ4v) is 4.51. The Balaban J connectivity index is 1.54. The van der Waals surface area contributed by atoms with Gasteiger partial charge >= 0.3 is 0 Å². The van der Waals surface area contributed by atoms with Crippen molar-refractivity contribution in [3.8, 4) is 0 Å². The topological polar surface area (TPSA) is 54.9 Å². The summed E-state index contributed by atoms with van der Waals surface area (Å²) >= 11 is 14.9. The molecule has 1 heterocycles. The first-order valence-corrected chi connectivity index (χ1v) is 9.89. The summed E-state index contributed by atoms with van der Waals surface area (Å²) in [6, 6.07) is 5.57. The van der Waals surface area contributed by atoms with E-state index in [-0.39, 0.29) is 11.8 Å². The van der Waals surface area contributed by atoms with E-state index >= 15 is 0 Å². The van der Waals surface area contributed by atoms with Crippen molar-refractivity contribution in [2.45, 2.75) is 35.8 Å². The van der Waals surface area contributed by atoms with E-state index < -0.39 is 0 Å². The van der Waals surface area contributed by atoms with E-state index in [0.29, 0.717) is 15.2 Å². The highest BCUT2D eigenvalue weighted by atomic mass is 35.5. The van der Waals surface area contributed by atoms with Gasteiger partial charge in [0, 0.05) is 11.7 Å². The highest BCUT2D eigenvalue weighted by Crippen LogP contribution is 2.31. The van der Waals surface area contributed by atoms with Gasteiger partial charge in [0.05, 0.1) is 10.0 Å². The summed E-state index contributed by atoms with van der Waals surface area (Å²) in [5.74, 6) is 0.924. The Morgan fingerprint density at radius 1 is 1.26 bits per heavy atom. The van der Waals surface area contributed by atoms with Gasteiger partial charge < -0.3 is 5.32 Å². The Labute approximate surface area is 153 Å². The molecule has 0 spiro atoms. The molecule has 1 amide bonds. The normalized spacial score (nSPS) is 15.0. The Morgan fingerprint density at radius 2 is 2.04 bits per heavy atom. The molecule has 1 N–H and O–H groups in total. The highest BCUT2D eigenvalue weighted by molar-refractivity contribution is 8.00. The van der Waals surface area contributed by atoms with Crippen LogP contribution in [0.1, 0.15) is 31.2 Å². The number of hydrogen-bond donors (Lipinski definition) is 1. The lowest BCUT2D eigenvalue weighted by molar-refractivity contribution is -0.119. The van der Waals surface area contributed by atoms with Gasteiger partial charge in [-0.25, -0.2) is 0 Å². The van der Waals surface area contributed by atoms with Crippen LogP contribution in [0.5, 0.6) is 0 Å². The molecule has 3 rings (SSSR count). The van der Waals surface area contributed by atoms with Gasteiger partial charge in [0.25, 0.3) is 0 Å². The number of benzene rings is 1. The lowest BCUT2D eigenvalue weighted by Gasteiger charge is -2.06. The van der Waals surface area contributed by atoms with E-state index in [9.17, 15) is 4.79 Å². The molecule has 0 aliphatic heterocycles. The van der Waals surface area contributed by atoms with Crippen LogP contribution in [0.15, 0.2) is 22.5 Å². The first kappa shape index (κ1) is 17.0. The molecule has 0 bridgehead atoms. The predicted octanol–water partition coefficient (Wildman–Crippen LogP) is 5.27. The molecule has 0 atom stereocenters. The van der Waals surface area contributed by atoms with Gasteiger partial charge in [-0.15, -0.1) is 10.2 Å². The van der Waals surface area contributed by atoms with Crippen molar-refractivity contribution in [3.63, 3.8) is 0 Å². The van der Waals surface area contributed by atoms with Crippen LogP contribution in [0.3, 0.4) is 0 Å². The minimum Gasteiger partial charge on any atom is -0.300 e. The Hall–Kier alpha value is -0.820. The number of halogens is 2. The third-order valence-electron chi connectivity index (χ3n) is 3.71. The quantitative estimate of drug-likeness (QED) is 0.560. The standard InChI is InChI=1S/C15H15Cl2N3OS2/c16-11-6-5-9(7-12(11)17)8-22-15-20-19-14(23-15)18-13(21)10-3-1-2-4-10/h5-7,10H,1-4,8H2,(H,18,19,21). The monoisotopic (exact) mass is 387 g/mol. The molecule has 0 saturated heterocycles. The summed E-state index contributed by atoms with van der Waals surface area (Å²) in [6.07, 6.45) is 4.23. The minimum absolute atomic E-state index is 0.0692. The molecule has 1 aromatic carbocycles. The first-order valence-electron chi connectivity index (χ1n) is 7.33. The molecule has 0 unspecified atom stereocenters. The number of rotatable bonds is 5. The first-order chi connectivity index (χ1) is 11.1. The van der Waals surface area contributed by atoms with E-state index in [0.717, 1.165) is 41.3 Å². The molecular formula is C15H15Cl2N3OS2. The summed E-state index contributed by atoms with van der Waals surface area (Å²) in [5, 5.41) is 12.7. The number of carbonyl (C=O) groups is 1. The lowest BCUT2D eigenvalue weighted by Crippen LogP contribution is -2.20. The van der Waals surface area contributed by atoms with Crippen molar-refractivity contribution in [1.29, 1.82) is 0 Å². The van der Waals surface area contributed by atoms with E-state index in [1.165, 1.54) is 11.3 Å². The summed E-state index contributed by atoms with van der Waals surface area (Å²) in [4.78, 5) is 12.1. The lowest BCUT2D eigenvalue weighted by atomic mass is 10.1. The van der Waals surface area contributed by atoms with Gasteiger partial charge in [0.2, 0.25) is 11.0 Å². The molecule has 1 saturated carbocycles. The molecular weight excluding hydrogens is 373 g/mol. The van der Waals surface area contributed by atoms with Crippen molar-refractivity contribution in [2.75, 3.05) is 5.32 Å². The zero-order chi connectivity index (χ0) is 16.2. The zero-order valence-electron chi connectivity index (χ0n) is 12.2. The van der Waals surface area contributed by atoms with Crippen molar-refractivity contribution in [1.82, 2.24) is 10.2 Å². The van der Waals surface area contributed by atoms with E-state index in [2.05, 4.69) is 15.5 Å². The average molecular weight is 388 g/mol. The number of thioether (sulfide) groups is 1. The third kappa shape index (κ3) is 4.59. The van der Waals surface area contributed by atoms with Gasteiger partial charge in [0.15, 0.2) is 4.34 Å². The maximum atomic E-state index is 12.1. The van der Waals surface area contributed by atoms with Crippen molar-refractivity contribution < 1.29 is 4.79 Å². The summed E-state index contributed by atoms with van der Waals surface area (Å²) < 4.78 is 0.817. The number of aromatic nitrogens is 2. The van der Waals surface area contributed by atoms with Crippen LogP contribution < -0.4 is 5.32 Å². The van der Waals surface area contributed by atoms with Gasteiger partial charge in [-0.1, -0.05) is 65.2 Å². The minimum atomic E-state index is 0.0692. The Bertz CT molecular complexity index is 702. The molecule has 8 heteroatoms. The van der Waals surface area contributed by atoms with Gasteiger partial charge in [-0.3, -0.25) is 4.79 Å². The van der Waals surface area contributed by atoms with Crippen molar-refractivity contribution >= 4 is 57.3 Å². The van der Waals surface area contributed by atoms with Crippen molar-refractivity contribution in [3.05, 3.63) is 33.8 Å². The summed E-state index contributed by atoms with van der Waals surface area (Å²) in [7, 11) is 0. The van der Waals surface area contributed by atoms with Gasteiger partial charge in [0.1, 0.15) is 0 Å². The Morgan fingerprint density at radius 3 is 2.78 bits per heavy atom. The highest BCUT2D eigenvalue weighted by Gasteiger charge is 2.23. The van der Waals surface area contributed by atoms with Crippen LogP contribution in [-0.2, 0) is 10.5 Å². The largest absolute Gasteiger partial charge is 0.300 e. The second kappa shape index (κ2) is 7.83. The molecule has 1 aliphatic rings. The molecule has 23 heavy (non-hydrogen) atoms. The zero-order valence-corrected chi connectivity index (χ0v) is 15.4. The number of anilines is 1. The van der Waals surface area contributed by atoms with Gasteiger partial charge in [-0.2, -0.15) is 0 Å². The fourth-order valence-electron chi connectivity index (χ4n) is 2.49. The number of nitrogens with one attached hydrogen (secondary N) is 1. The van der Waals surface area contributed by atoms with Crippen LogP contribution in [0.4, 0.5) is 5.13 Å². The predicted molar refractivity (Wildman–Crippen MR) is 96.5 cm³/mol. The number of hydrogen-bond acceptors (Lipinski definition) is 5. The number of nitrogens with zero attached hydrogens (tertiary/aromatic N) is 2. The summed E-state index contributed by atoms with van der Waals surface area (Å²) in [6.45, 7) is 0. The maximum absolute atomic E-state index is 12.1. The van der Waals surface area contributed by atoms with Crippen LogP contribution in [0, 0.1) is 5.92 Å². The molecule has 122 valence electrons. The molecule has 1 fully saturated rings. The van der Waals surface area contributed by atoms with E-state index in [1.54, 1.807) is 17.8 Å². The average Bonchev–Trinajstić information content (AvgIpc) is 3.20. The fraction of sp³-hybridized carbons (Fsp3) is 0.400. The third-order valence-corrected chi connectivity index (χ3v) is 6.49. The number of amides is 1. The SMILES string of the molecule is O=C(Nc1nnc(SCc2ccc(Cl)c(Cl)c2)s1)C1CCCC1. The second-order valence-corrected chi connectivity index (χ2v) is 8.40. The van der Waals surface area contributed by atoms with Crippen molar-refractivity contribution in [2.24, 2.45) is 5.92 Å². The molecule has 0 radical (unpaired) electrons. The number of carbonyl (C=O) groups excluding carboxylic acids is 1. The van der Waals surface area contributed by atoms with Crippen LogP contribution >= 0.6 is 46.3 Å². The summed E-state index contributed by atoms with van der Waals surface area (Å²) in [5.41, 5.74) is 1.07. The maximum Gasteiger partial charge on any atom is 0.229 e. The van der Waals surface area contributed by atoms with E-state index in [1.807, 2.05) is 12.1 Å². The van der Waals surface area contributed by atoms with Crippen LogP contribution in [-0.4, -0.2) is 16.1 Å². The van der Waals surface area contributed by atoms with Crippen LogP contribution in [0.25, 0.3) is 0 Å². The Kier molecular flexibility index (Phi) is 5.80. The molecule has 2 aromatic rings. The van der Waals surface area contributed by atoms with Gasteiger partial charge in [-0.05, 0) is 30.5 Å². The second-order valence-electron chi connectivity index (χ2n) is 5.38. The molecule has 1 aromatic heterocycles.